The Balaban J connectivity index is 1.67. The van der Waals surface area contributed by atoms with Crippen LogP contribution in [0.5, 0.6) is 5.75 Å². The molecule has 0 radical (unpaired) electrons. The molecule has 0 amide bonds. The summed E-state index contributed by atoms with van der Waals surface area (Å²) in [5.41, 5.74) is 0.711. The van der Waals surface area contributed by atoms with Gasteiger partial charge in [0.2, 0.25) is 21.8 Å². The molecule has 0 saturated carbocycles. The molecule has 2 aromatic heterocycles. The number of aromatic nitrogens is 3. The lowest BCUT2D eigenvalue weighted by molar-refractivity contribution is 0.340. The molecular weight excluding hydrogens is 344 g/mol. The van der Waals surface area contributed by atoms with E-state index in [0.717, 1.165) is 0 Å². The van der Waals surface area contributed by atoms with Gasteiger partial charge in [0.25, 0.3) is 0 Å². The van der Waals surface area contributed by atoms with Gasteiger partial charge in [-0.25, -0.2) is 13.1 Å². The molecule has 1 N–H and O–H groups in total. The number of benzene rings is 1. The average Bonchev–Trinajstić information content (AvgIpc) is 3.11. The predicted octanol–water partition coefficient (Wildman–Crippen LogP) is 2.01. The minimum Gasteiger partial charge on any atom is -0.494 e. The van der Waals surface area contributed by atoms with E-state index in [9.17, 15) is 8.42 Å². The summed E-state index contributed by atoms with van der Waals surface area (Å²) in [6.07, 6.45) is 3.21. The second-order valence-electron chi connectivity index (χ2n) is 4.97. The molecular formula is C16H16N4O4S. The maximum Gasteiger partial charge on any atom is 0.247 e. The van der Waals surface area contributed by atoms with Crippen LogP contribution in [0.15, 0.2) is 58.1 Å². The predicted molar refractivity (Wildman–Crippen MR) is 89.2 cm³/mol. The highest BCUT2D eigenvalue weighted by atomic mass is 32.2. The van der Waals surface area contributed by atoms with Gasteiger partial charge >= 0.3 is 0 Å². The van der Waals surface area contributed by atoms with Crippen molar-refractivity contribution < 1.29 is 17.6 Å². The van der Waals surface area contributed by atoms with Crippen molar-refractivity contribution in [3.05, 3.63) is 54.7 Å². The number of rotatable bonds is 7. The summed E-state index contributed by atoms with van der Waals surface area (Å²) in [7, 11) is -3.69. The Morgan fingerprint density at radius 2 is 1.80 bits per heavy atom. The molecule has 0 fully saturated rings. The normalized spacial score (nSPS) is 11.4. The molecule has 8 nitrogen and oxygen atoms in total. The fourth-order valence-electron chi connectivity index (χ4n) is 2.06. The fraction of sp³-hybridized carbons (Fsp3) is 0.188. The fourth-order valence-corrected chi connectivity index (χ4v) is 3.03. The van der Waals surface area contributed by atoms with Crippen molar-refractivity contribution in [3.63, 3.8) is 0 Å². The molecule has 0 spiro atoms. The molecule has 1 aromatic carbocycles. The van der Waals surface area contributed by atoms with Crippen LogP contribution in [0.2, 0.25) is 0 Å². The van der Waals surface area contributed by atoms with Crippen molar-refractivity contribution in [2.45, 2.75) is 18.4 Å². The molecule has 0 aliphatic carbocycles. The third-order valence-electron chi connectivity index (χ3n) is 3.25. The number of nitrogens with one attached hydrogen (secondary N) is 1. The Labute approximate surface area is 144 Å². The lowest BCUT2D eigenvalue weighted by Crippen LogP contribution is -2.23. The van der Waals surface area contributed by atoms with Crippen molar-refractivity contribution in [1.29, 1.82) is 0 Å². The zero-order chi connectivity index (χ0) is 17.7. The van der Waals surface area contributed by atoms with E-state index < -0.39 is 10.0 Å². The highest BCUT2D eigenvalue weighted by Crippen LogP contribution is 2.18. The van der Waals surface area contributed by atoms with Gasteiger partial charge in [0.1, 0.15) is 5.75 Å². The number of pyridine rings is 1. The quantitative estimate of drug-likeness (QED) is 0.686. The van der Waals surface area contributed by atoms with Crippen LogP contribution < -0.4 is 9.46 Å². The van der Waals surface area contributed by atoms with Gasteiger partial charge in [0, 0.05) is 18.0 Å². The first-order valence-electron chi connectivity index (χ1n) is 7.54. The van der Waals surface area contributed by atoms with Crippen LogP contribution in [-0.2, 0) is 16.6 Å². The van der Waals surface area contributed by atoms with Crippen LogP contribution in [0.4, 0.5) is 0 Å². The zero-order valence-electron chi connectivity index (χ0n) is 13.4. The minimum atomic E-state index is -3.69. The van der Waals surface area contributed by atoms with E-state index in [1.807, 2.05) is 6.92 Å². The van der Waals surface area contributed by atoms with Crippen LogP contribution in [0.3, 0.4) is 0 Å². The number of sulfonamides is 1. The van der Waals surface area contributed by atoms with Crippen molar-refractivity contribution in [2.75, 3.05) is 6.61 Å². The summed E-state index contributed by atoms with van der Waals surface area (Å²) in [5, 5.41) is 7.74. The van der Waals surface area contributed by atoms with Gasteiger partial charge in [-0.1, -0.05) is 0 Å². The van der Waals surface area contributed by atoms with Crippen LogP contribution in [-0.4, -0.2) is 30.2 Å². The molecule has 9 heteroatoms. The third kappa shape index (κ3) is 4.20. The van der Waals surface area contributed by atoms with E-state index in [1.165, 1.54) is 12.1 Å². The van der Waals surface area contributed by atoms with Gasteiger partial charge in [0.15, 0.2) is 0 Å². The first-order chi connectivity index (χ1) is 12.1. The van der Waals surface area contributed by atoms with Gasteiger partial charge in [-0.3, -0.25) is 4.98 Å². The first-order valence-corrected chi connectivity index (χ1v) is 9.02. The Hall–Kier alpha value is -2.78. The molecule has 0 aliphatic heterocycles. The van der Waals surface area contributed by atoms with Gasteiger partial charge in [-0.2, -0.15) is 0 Å². The lowest BCUT2D eigenvalue weighted by Gasteiger charge is -2.06. The van der Waals surface area contributed by atoms with Crippen molar-refractivity contribution in [1.82, 2.24) is 19.9 Å². The standard InChI is InChI=1S/C16H16N4O4S/c1-2-23-13-3-5-14(6-4-13)25(21,22)18-11-15-19-20-16(24-15)12-7-9-17-10-8-12/h3-10,18H,2,11H2,1H3. The molecule has 0 unspecified atom stereocenters. The Bertz CT molecular complexity index is 924. The summed E-state index contributed by atoms with van der Waals surface area (Å²) in [6, 6.07) is 9.61. The minimum absolute atomic E-state index is 0.104. The van der Waals surface area contributed by atoms with Crippen molar-refractivity contribution in [3.8, 4) is 17.2 Å². The second-order valence-corrected chi connectivity index (χ2v) is 6.73. The number of ether oxygens (including phenoxy) is 1. The molecule has 2 heterocycles. The summed E-state index contributed by atoms with van der Waals surface area (Å²) < 4.78 is 37.8. The van der Waals surface area contributed by atoms with Crippen molar-refractivity contribution >= 4 is 10.0 Å². The third-order valence-corrected chi connectivity index (χ3v) is 4.67. The zero-order valence-corrected chi connectivity index (χ0v) is 14.2. The van der Waals surface area contributed by atoms with E-state index in [1.54, 1.807) is 36.7 Å². The van der Waals surface area contributed by atoms with Crippen LogP contribution >= 0.6 is 0 Å². The van der Waals surface area contributed by atoms with E-state index in [2.05, 4.69) is 19.9 Å². The Morgan fingerprint density at radius 3 is 2.48 bits per heavy atom. The maximum atomic E-state index is 12.3. The largest absolute Gasteiger partial charge is 0.494 e. The summed E-state index contributed by atoms with van der Waals surface area (Å²) >= 11 is 0. The second kappa shape index (κ2) is 7.41. The molecule has 25 heavy (non-hydrogen) atoms. The summed E-state index contributed by atoms with van der Waals surface area (Å²) in [4.78, 5) is 4.04. The number of hydrogen-bond donors (Lipinski definition) is 1. The van der Waals surface area contributed by atoms with Gasteiger partial charge in [-0.15, -0.1) is 10.2 Å². The van der Waals surface area contributed by atoms with E-state index in [0.29, 0.717) is 23.8 Å². The lowest BCUT2D eigenvalue weighted by atomic mass is 10.3. The number of nitrogens with zero attached hydrogens (tertiary/aromatic N) is 3. The van der Waals surface area contributed by atoms with Gasteiger partial charge < -0.3 is 9.15 Å². The van der Waals surface area contributed by atoms with Gasteiger partial charge in [0.05, 0.1) is 18.0 Å². The van der Waals surface area contributed by atoms with Crippen LogP contribution in [0.1, 0.15) is 12.8 Å². The molecule has 0 aliphatic rings. The summed E-state index contributed by atoms with van der Waals surface area (Å²) in [6.45, 7) is 2.27. The maximum absolute atomic E-state index is 12.3. The molecule has 0 bridgehead atoms. The van der Waals surface area contributed by atoms with E-state index >= 15 is 0 Å². The van der Waals surface area contributed by atoms with E-state index in [4.69, 9.17) is 9.15 Å². The summed E-state index contributed by atoms with van der Waals surface area (Å²) in [5.74, 6) is 1.08. The first kappa shape index (κ1) is 17.1. The Morgan fingerprint density at radius 1 is 1.08 bits per heavy atom. The molecule has 130 valence electrons. The van der Waals surface area contributed by atoms with E-state index in [-0.39, 0.29) is 17.3 Å². The topological polar surface area (TPSA) is 107 Å². The smallest absolute Gasteiger partial charge is 0.247 e. The monoisotopic (exact) mass is 360 g/mol. The Kier molecular flexibility index (Phi) is 5.05. The van der Waals surface area contributed by atoms with Crippen LogP contribution in [0, 0.1) is 0 Å². The average molecular weight is 360 g/mol. The van der Waals surface area contributed by atoms with Crippen LogP contribution in [0.25, 0.3) is 11.5 Å². The highest BCUT2D eigenvalue weighted by Gasteiger charge is 2.16. The molecule has 3 rings (SSSR count). The molecule has 0 saturated heterocycles. The molecule has 3 aromatic rings. The highest BCUT2D eigenvalue weighted by molar-refractivity contribution is 7.89. The number of hydrogen-bond acceptors (Lipinski definition) is 7. The van der Waals surface area contributed by atoms with Crippen molar-refractivity contribution in [2.24, 2.45) is 0 Å². The SMILES string of the molecule is CCOc1ccc(S(=O)(=O)NCc2nnc(-c3ccncc3)o2)cc1. The van der Waals surface area contributed by atoms with Gasteiger partial charge in [-0.05, 0) is 43.3 Å². The molecule has 0 atom stereocenters.